The first-order chi connectivity index (χ1) is 9.35. The predicted molar refractivity (Wildman–Crippen MR) is 78.2 cm³/mol. The van der Waals surface area contributed by atoms with Gasteiger partial charge in [0.15, 0.2) is 11.6 Å². The van der Waals surface area contributed by atoms with Gasteiger partial charge in [-0.25, -0.2) is 4.39 Å². The van der Waals surface area contributed by atoms with E-state index in [1.807, 2.05) is 13.8 Å². The third-order valence-electron chi connectivity index (χ3n) is 2.65. The molecule has 0 bridgehead atoms. The molecular weight excluding hydrogens is 261 g/mol. The average molecular weight is 283 g/mol. The molecule has 0 spiro atoms. The van der Waals surface area contributed by atoms with Gasteiger partial charge in [0.2, 0.25) is 5.91 Å². The zero-order chi connectivity index (χ0) is 15.3. The lowest BCUT2D eigenvalue weighted by molar-refractivity contribution is -0.116. The number of hydrogen-bond acceptors (Lipinski definition) is 4. The quantitative estimate of drug-likeness (QED) is 0.747. The molecule has 0 unspecified atom stereocenters. The van der Waals surface area contributed by atoms with Gasteiger partial charge in [0.25, 0.3) is 0 Å². The van der Waals surface area contributed by atoms with Gasteiger partial charge >= 0.3 is 0 Å². The highest BCUT2D eigenvalue weighted by molar-refractivity contribution is 5.82. The van der Waals surface area contributed by atoms with E-state index >= 15 is 0 Å². The highest BCUT2D eigenvalue weighted by Crippen LogP contribution is 2.31. The van der Waals surface area contributed by atoms with Crippen LogP contribution < -0.4 is 21.1 Å². The fourth-order valence-electron chi connectivity index (χ4n) is 1.97. The molecule has 0 radical (unpaired) electrons. The molecule has 5 nitrogen and oxygen atoms in total. The lowest BCUT2D eigenvalue weighted by Gasteiger charge is -2.27. The highest BCUT2D eigenvalue weighted by atomic mass is 19.1. The number of primary amides is 1. The van der Waals surface area contributed by atoms with Crippen LogP contribution in [0, 0.1) is 11.7 Å². The van der Waals surface area contributed by atoms with Crippen molar-refractivity contribution >= 4 is 17.3 Å². The Morgan fingerprint density at radius 3 is 2.60 bits per heavy atom. The normalized spacial score (nSPS) is 10.7. The van der Waals surface area contributed by atoms with Crippen LogP contribution in [0.15, 0.2) is 12.1 Å². The summed E-state index contributed by atoms with van der Waals surface area (Å²) in [4.78, 5) is 12.9. The Hall–Kier alpha value is -1.98. The fourth-order valence-corrected chi connectivity index (χ4v) is 1.97. The molecule has 0 aliphatic rings. The van der Waals surface area contributed by atoms with E-state index < -0.39 is 11.7 Å². The van der Waals surface area contributed by atoms with E-state index in [4.69, 9.17) is 16.2 Å². The first-order valence-electron chi connectivity index (χ1n) is 6.60. The molecule has 6 heteroatoms. The van der Waals surface area contributed by atoms with E-state index in [1.165, 1.54) is 12.1 Å². The highest BCUT2D eigenvalue weighted by Gasteiger charge is 2.17. The van der Waals surface area contributed by atoms with Crippen LogP contribution in [0.5, 0.6) is 5.75 Å². The Morgan fingerprint density at radius 2 is 2.10 bits per heavy atom. The number of rotatable bonds is 7. The molecule has 20 heavy (non-hydrogen) atoms. The van der Waals surface area contributed by atoms with E-state index in [9.17, 15) is 9.18 Å². The number of carbonyl (C=O) groups is 1. The number of nitrogens with zero attached hydrogens (tertiary/aromatic N) is 1. The SMILES string of the molecule is CCOc1cc(N(CC(N)=O)CC(C)C)c(N)cc1F. The van der Waals surface area contributed by atoms with Crippen molar-refractivity contribution in [2.75, 3.05) is 30.3 Å². The van der Waals surface area contributed by atoms with E-state index in [0.717, 1.165) is 0 Å². The maximum atomic E-state index is 13.7. The second kappa shape index (κ2) is 6.98. The van der Waals surface area contributed by atoms with Crippen molar-refractivity contribution in [2.45, 2.75) is 20.8 Å². The van der Waals surface area contributed by atoms with Gasteiger partial charge in [-0.15, -0.1) is 0 Å². The predicted octanol–water partition coefficient (Wildman–Crippen LogP) is 1.75. The Balaban J connectivity index is 3.16. The van der Waals surface area contributed by atoms with Gasteiger partial charge in [-0.2, -0.15) is 0 Å². The van der Waals surface area contributed by atoms with Crippen molar-refractivity contribution < 1.29 is 13.9 Å². The van der Waals surface area contributed by atoms with E-state index in [-0.39, 0.29) is 18.0 Å². The molecule has 0 saturated heterocycles. The molecule has 1 rings (SSSR count). The van der Waals surface area contributed by atoms with Crippen LogP contribution in [0.3, 0.4) is 0 Å². The van der Waals surface area contributed by atoms with Crippen molar-refractivity contribution in [1.29, 1.82) is 0 Å². The van der Waals surface area contributed by atoms with Gasteiger partial charge in [0.05, 0.1) is 24.5 Å². The Morgan fingerprint density at radius 1 is 1.45 bits per heavy atom. The first-order valence-corrected chi connectivity index (χ1v) is 6.60. The fraction of sp³-hybridized carbons (Fsp3) is 0.500. The molecule has 0 fully saturated rings. The molecule has 0 atom stereocenters. The molecule has 0 aliphatic heterocycles. The summed E-state index contributed by atoms with van der Waals surface area (Å²) < 4.78 is 18.9. The average Bonchev–Trinajstić information content (AvgIpc) is 2.30. The topological polar surface area (TPSA) is 81.6 Å². The summed E-state index contributed by atoms with van der Waals surface area (Å²) in [6.45, 7) is 6.75. The number of anilines is 2. The molecule has 0 heterocycles. The number of hydrogen-bond donors (Lipinski definition) is 2. The zero-order valence-electron chi connectivity index (χ0n) is 12.1. The minimum absolute atomic E-state index is 0.0274. The zero-order valence-corrected chi connectivity index (χ0v) is 12.1. The van der Waals surface area contributed by atoms with Gasteiger partial charge < -0.3 is 21.1 Å². The lowest BCUT2D eigenvalue weighted by Crippen LogP contribution is -2.36. The molecule has 0 saturated carbocycles. The summed E-state index contributed by atoms with van der Waals surface area (Å²) in [5.74, 6) is -0.562. The smallest absolute Gasteiger partial charge is 0.236 e. The summed E-state index contributed by atoms with van der Waals surface area (Å²) in [6, 6.07) is 2.72. The van der Waals surface area contributed by atoms with Crippen LogP contribution >= 0.6 is 0 Å². The van der Waals surface area contributed by atoms with Crippen LogP contribution in [-0.4, -0.2) is 25.6 Å². The number of halogens is 1. The molecular formula is C14H22FN3O2. The van der Waals surface area contributed by atoms with Gasteiger partial charge in [-0.3, -0.25) is 4.79 Å². The number of nitrogen functional groups attached to an aromatic ring is 1. The minimum atomic E-state index is -0.517. The Bertz CT molecular complexity index is 478. The molecule has 4 N–H and O–H groups in total. The van der Waals surface area contributed by atoms with Crippen LogP contribution in [0.4, 0.5) is 15.8 Å². The summed E-state index contributed by atoms with van der Waals surface area (Å²) >= 11 is 0. The molecule has 0 aromatic heterocycles. The van der Waals surface area contributed by atoms with Crippen molar-refractivity contribution in [3.05, 3.63) is 17.9 Å². The second-order valence-corrected chi connectivity index (χ2v) is 5.02. The van der Waals surface area contributed by atoms with Gasteiger partial charge in [-0.1, -0.05) is 13.8 Å². The Kier molecular flexibility index (Phi) is 5.61. The first kappa shape index (κ1) is 16.1. The van der Waals surface area contributed by atoms with E-state index in [0.29, 0.717) is 24.8 Å². The number of nitrogens with two attached hydrogens (primary N) is 2. The molecule has 112 valence electrons. The number of carbonyl (C=O) groups excluding carboxylic acids is 1. The standard InChI is InChI=1S/C14H22FN3O2/c1-4-20-13-6-12(11(16)5-10(13)15)18(7-9(2)3)8-14(17)19/h5-6,9H,4,7-8,16H2,1-3H3,(H2,17,19). The van der Waals surface area contributed by atoms with Gasteiger partial charge in [0.1, 0.15) is 0 Å². The second-order valence-electron chi connectivity index (χ2n) is 5.02. The number of amides is 1. The number of benzene rings is 1. The lowest BCUT2D eigenvalue weighted by atomic mass is 10.1. The molecule has 1 amide bonds. The van der Waals surface area contributed by atoms with Crippen molar-refractivity contribution in [2.24, 2.45) is 11.7 Å². The van der Waals surface area contributed by atoms with Crippen molar-refractivity contribution in [1.82, 2.24) is 0 Å². The molecule has 1 aromatic carbocycles. The Labute approximate surface area is 118 Å². The third-order valence-corrected chi connectivity index (χ3v) is 2.65. The van der Waals surface area contributed by atoms with Crippen molar-refractivity contribution in [3.63, 3.8) is 0 Å². The van der Waals surface area contributed by atoms with Gasteiger partial charge in [0, 0.05) is 18.7 Å². The van der Waals surface area contributed by atoms with Crippen LogP contribution in [0.2, 0.25) is 0 Å². The monoisotopic (exact) mass is 283 g/mol. The summed E-state index contributed by atoms with van der Waals surface area (Å²) in [7, 11) is 0. The van der Waals surface area contributed by atoms with E-state index in [1.54, 1.807) is 11.8 Å². The van der Waals surface area contributed by atoms with Crippen LogP contribution in [0.1, 0.15) is 20.8 Å². The summed E-state index contributed by atoms with van der Waals surface area (Å²) in [6.07, 6.45) is 0. The van der Waals surface area contributed by atoms with Crippen LogP contribution in [0.25, 0.3) is 0 Å². The molecule has 1 aromatic rings. The van der Waals surface area contributed by atoms with E-state index in [2.05, 4.69) is 0 Å². The maximum Gasteiger partial charge on any atom is 0.236 e. The van der Waals surface area contributed by atoms with Crippen molar-refractivity contribution in [3.8, 4) is 5.75 Å². The molecule has 0 aliphatic carbocycles. The third kappa shape index (κ3) is 4.29. The largest absolute Gasteiger partial charge is 0.491 e. The summed E-state index contributed by atoms with van der Waals surface area (Å²) in [5, 5.41) is 0. The van der Waals surface area contributed by atoms with Gasteiger partial charge in [-0.05, 0) is 12.8 Å². The maximum absolute atomic E-state index is 13.7. The summed E-state index contributed by atoms with van der Waals surface area (Å²) in [5.41, 5.74) is 11.9. The van der Waals surface area contributed by atoms with Crippen LogP contribution in [-0.2, 0) is 4.79 Å². The minimum Gasteiger partial charge on any atom is -0.491 e. The number of ether oxygens (including phenoxy) is 1.